The van der Waals surface area contributed by atoms with E-state index in [-0.39, 0.29) is 34.7 Å². The van der Waals surface area contributed by atoms with Crippen LogP contribution in [-0.2, 0) is 7.05 Å². The molecular weight excluding hydrogens is 426 g/mol. The fourth-order valence-electron chi connectivity index (χ4n) is 4.73. The third-order valence-electron chi connectivity index (χ3n) is 6.80. The van der Waals surface area contributed by atoms with Gasteiger partial charge in [0, 0.05) is 30.2 Å². The Hall–Kier alpha value is -2.89. The molecule has 0 atom stereocenters. The Morgan fingerprint density at radius 2 is 1.56 bits per heavy atom. The van der Waals surface area contributed by atoms with Gasteiger partial charge in [0.05, 0.1) is 6.61 Å². The van der Waals surface area contributed by atoms with Crippen molar-refractivity contribution in [3.8, 4) is 17.0 Å². The number of pyridine rings is 1. The highest BCUT2D eigenvalue weighted by Gasteiger charge is 2.30. The number of ether oxygens (including phenoxy) is 1. The number of hydrogen-bond donors (Lipinski definition) is 0. The predicted octanol–water partition coefficient (Wildman–Crippen LogP) is 5.87. The van der Waals surface area contributed by atoms with Crippen LogP contribution >= 0.6 is 0 Å². The molecule has 0 unspecified atom stereocenters. The lowest BCUT2D eigenvalue weighted by molar-refractivity contribution is 0.336. The minimum Gasteiger partial charge on any atom is -0.488 e. The first kappa shape index (κ1) is 24.2. The minimum absolute atomic E-state index is 0.146. The van der Waals surface area contributed by atoms with Crippen LogP contribution in [0.2, 0.25) is 0 Å². The Kier molecular flexibility index (Phi) is 6.45. The molecule has 182 valence electrons. The molecule has 0 saturated heterocycles. The first-order valence-corrected chi connectivity index (χ1v) is 12.5. The smallest absolute Gasteiger partial charge is 0.294 e. The highest BCUT2D eigenvalue weighted by atomic mass is 16.5. The molecule has 1 aliphatic rings. The standard InChI is InChI=1S/C28H37N3O3/c1-9-34-26-24-22(14-31(28(26)33)19-10-11-19)25(29-30(8)27(24)32)23-20(16(4)5)12-18(15(2)3)13-21(23)17(6)7/h12-17,19H,9-11H2,1-8H3. The van der Waals surface area contributed by atoms with E-state index in [0.29, 0.717) is 23.3 Å². The summed E-state index contributed by atoms with van der Waals surface area (Å²) >= 11 is 0. The van der Waals surface area contributed by atoms with Crippen molar-refractivity contribution in [1.29, 1.82) is 0 Å². The lowest BCUT2D eigenvalue weighted by Crippen LogP contribution is -2.28. The Morgan fingerprint density at radius 1 is 0.971 bits per heavy atom. The largest absolute Gasteiger partial charge is 0.488 e. The SMILES string of the molecule is CCOc1c(=O)n(C2CC2)cc2c(-c3c(C(C)C)cc(C(C)C)cc3C(C)C)nn(C)c(=O)c12. The number of hydrogen-bond acceptors (Lipinski definition) is 4. The number of nitrogens with zero attached hydrogens (tertiary/aromatic N) is 3. The molecule has 1 saturated carbocycles. The van der Waals surface area contributed by atoms with E-state index in [1.807, 2.05) is 13.1 Å². The van der Waals surface area contributed by atoms with Gasteiger partial charge in [0.1, 0.15) is 11.1 Å². The van der Waals surface area contributed by atoms with E-state index in [9.17, 15) is 9.59 Å². The van der Waals surface area contributed by atoms with Crippen molar-refractivity contribution in [1.82, 2.24) is 14.3 Å². The summed E-state index contributed by atoms with van der Waals surface area (Å²) in [7, 11) is 1.65. The molecule has 2 heterocycles. The van der Waals surface area contributed by atoms with Crippen LogP contribution < -0.4 is 15.9 Å². The number of benzene rings is 1. The van der Waals surface area contributed by atoms with Gasteiger partial charge in [-0.25, -0.2) is 4.68 Å². The summed E-state index contributed by atoms with van der Waals surface area (Å²) in [4.78, 5) is 26.6. The molecule has 4 rings (SSSR count). The zero-order valence-corrected chi connectivity index (χ0v) is 21.7. The van der Waals surface area contributed by atoms with Crippen molar-refractivity contribution in [3.63, 3.8) is 0 Å². The predicted molar refractivity (Wildman–Crippen MR) is 138 cm³/mol. The van der Waals surface area contributed by atoms with Gasteiger partial charge in [-0.2, -0.15) is 5.10 Å². The molecule has 34 heavy (non-hydrogen) atoms. The van der Waals surface area contributed by atoms with Crippen molar-refractivity contribution in [2.45, 2.75) is 85.1 Å². The molecule has 1 aliphatic carbocycles. The molecule has 0 N–H and O–H groups in total. The Bertz CT molecular complexity index is 1330. The summed E-state index contributed by atoms with van der Waals surface area (Å²) in [6, 6.07) is 4.73. The van der Waals surface area contributed by atoms with Crippen LogP contribution in [0.1, 0.15) is 102 Å². The maximum absolute atomic E-state index is 13.3. The normalized spacial score (nSPS) is 14.1. The van der Waals surface area contributed by atoms with Gasteiger partial charge in [0.25, 0.3) is 11.1 Å². The van der Waals surface area contributed by atoms with Gasteiger partial charge in [0.15, 0.2) is 5.75 Å². The van der Waals surface area contributed by atoms with E-state index in [0.717, 1.165) is 24.1 Å². The molecule has 3 aromatic rings. The number of fused-ring (bicyclic) bond motifs is 1. The van der Waals surface area contributed by atoms with Crippen LogP contribution in [0.3, 0.4) is 0 Å². The van der Waals surface area contributed by atoms with E-state index in [1.54, 1.807) is 11.6 Å². The van der Waals surface area contributed by atoms with Crippen molar-refractivity contribution < 1.29 is 4.74 Å². The third-order valence-corrected chi connectivity index (χ3v) is 6.80. The molecular formula is C28H37N3O3. The molecule has 0 bridgehead atoms. The monoisotopic (exact) mass is 463 g/mol. The Morgan fingerprint density at radius 3 is 2.03 bits per heavy atom. The van der Waals surface area contributed by atoms with Crippen LogP contribution in [0.5, 0.6) is 5.75 Å². The van der Waals surface area contributed by atoms with Gasteiger partial charge in [-0.15, -0.1) is 0 Å². The summed E-state index contributed by atoms with van der Waals surface area (Å²) in [5.41, 5.74) is 5.00. The average molecular weight is 464 g/mol. The summed E-state index contributed by atoms with van der Waals surface area (Å²) in [5.74, 6) is 1.08. The van der Waals surface area contributed by atoms with E-state index < -0.39 is 0 Å². The fraction of sp³-hybridized carbons (Fsp3) is 0.536. The first-order valence-electron chi connectivity index (χ1n) is 12.5. The van der Waals surface area contributed by atoms with Crippen LogP contribution in [-0.4, -0.2) is 21.0 Å². The molecule has 0 aliphatic heterocycles. The number of aryl methyl sites for hydroxylation is 1. The Labute approximate surface area is 201 Å². The van der Waals surface area contributed by atoms with Crippen molar-refractivity contribution in [2.75, 3.05) is 6.61 Å². The van der Waals surface area contributed by atoms with E-state index in [4.69, 9.17) is 9.84 Å². The van der Waals surface area contributed by atoms with Crippen molar-refractivity contribution >= 4 is 10.8 Å². The average Bonchev–Trinajstić information content (AvgIpc) is 3.62. The molecule has 0 radical (unpaired) electrons. The molecule has 1 aromatic carbocycles. The summed E-state index contributed by atoms with van der Waals surface area (Å²) in [6.07, 6.45) is 3.77. The van der Waals surface area contributed by atoms with Gasteiger partial charge >= 0.3 is 0 Å². The topological polar surface area (TPSA) is 66.1 Å². The lowest BCUT2D eigenvalue weighted by Gasteiger charge is -2.24. The first-order chi connectivity index (χ1) is 16.1. The second kappa shape index (κ2) is 9.05. The van der Waals surface area contributed by atoms with Crippen molar-refractivity contribution in [3.05, 3.63) is 55.7 Å². The number of rotatable bonds is 7. The quantitative estimate of drug-likeness (QED) is 0.440. The van der Waals surface area contributed by atoms with Crippen molar-refractivity contribution in [2.24, 2.45) is 7.05 Å². The second-order valence-corrected chi connectivity index (χ2v) is 10.4. The second-order valence-electron chi connectivity index (χ2n) is 10.4. The Balaban J connectivity index is 2.21. The molecule has 1 fully saturated rings. The maximum atomic E-state index is 13.3. The highest BCUT2D eigenvalue weighted by molar-refractivity contribution is 5.98. The van der Waals surface area contributed by atoms with E-state index in [1.165, 1.54) is 21.4 Å². The zero-order chi connectivity index (χ0) is 24.9. The van der Waals surface area contributed by atoms with Crippen LogP contribution in [0.25, 0.3) is 22.0 Å². The van der Waals surface area contributed by atoms with Gasteiger partial charge < -0.3 is 9.30 Å². The minimum atomic E-state index is -0.307. The van der Waals surface area contributed by atoms with E-state index >= 15 is 0 Å². The zero-order valence-electron chi connectivity index (χ0n) is 21.7. The summed E-state index contributed by atoms with van der Waals surface area (Å²) in [5, 5.41) is 5.84. The van der Waals surface area contributed by atoms with Crippen LogP contribution in [0, 0.1) is 0 Å². The maximum Gasteiger partial charge on any atom is 0.294 e. The van der Waals surface area contributed by atoms with Crippen LogP contribution in [0.4, 0.5) is 0 Å². The summed E-state index contributed by atoms with van der Waals surface area (Å²) < 4.78 is 8.93. The highest BCUT2D eigenvalue weighted by Crippen LogP contribution is 2.41. The van der Waals surface area contributed by atoms with Gasteiger partial charge in [-0.3, -0.25) is 9.59 Å². The van der Waals surface area contributed by atoms with Gasteiger partial charge in [-0.1, -0.05) is 53.7 Å². The van der Waals surface area contributed by atoms with Gasteiger partial charge in [-0.05, 0) is 54.2 Å². The third kappa shape index (κ3) is 4.08. The molecule has 2 aromatic heterocycles. The molecule has 6 nitrogen and oxygen atoms in total. The molecule has 6 heteroatoms. The number of aromatic nitrogens is 3. The molecule has 0 spiro atoms. The van der Waals surface area contributed by atoms with E-state index in [2.05, 4.69) is 53.7 Å². The fourth-order valence-corrected chi connectivity index (χ4v) is 4.73. The van der Waals surface area contributed by atoms with Crippen LogP contribution in [0.15, 0.2) is 27.9 Å². The summed E-state index contributed by atoms with van der Waals surface area (Å²) in [6.45, 7) is 15.4. The lowest BCUT2D eigenvalue weighted by atomic mass is 9.82. The van der Waals surface area contributed by atoms with Gasteiger partial charge in [0.2, 0.25) is 0 Å². The molecule has 0 amide bonds.